The van der Waals surface area contributed by atoms with Crippen molar-refractivity contribution >= 4 is 5.78 Å². The first-order valence-electron chi connectivity index (χ1n) is 5.21. The molecular weight excluding hydrogens is 176 g/mol. The Labute approximate surface area is 85.3 Å². The van der Waals surface area contributed by atoms with Gasteiger partial charge in [-0.15, -0.1) is 0 Å². The first-order chi connectivity index (χ1) is 6.63. The van der Waals surface area contributed by atoms with Crippen molar-refractivity contribution in [3.8, 4) is 0 Å². The third-order valence-corrected chi connectivity index (χ3v) is 2.31. The lowest BCUT2D eigenvalue weighted by Crippen LogP contribution is -2.03. The van der Waals surface area contributed by atoms with Gasteiger partial charge in [-0.2, -0.15) is 0 Å². The van der Waals surface area contributed by atoms with Crippen molar-refractivity contribution in [2.24, 2.45) is 0 Å². The molecule has 2 nitrogen and oxygen atoms in total. The van der Waals surface area contributed by atoms with Gasteiger partial charge < -0.3 is 4.42 Å². The van der Waals surface area contributed by atoms with Gasteiger partial charge in [-0.3, -0.25) is 4.79 Å². The minimum atomic E-state index is 0.211. The van der Waals surface area contributed by atoms with Crippen LogP contribution >= 0.6 is 0 Å². The smallest absolute Gasteiger partial charge is 0.133 e. The van der Waals surface area contributed by atoms with Crippen molar-refractivity contribution in [1.82, 2.24) is 0 Å². The van der Waals surface area contributed by atoms with E-state index in [1.165, 1.54) is 0 Å². The minimum Gasteiger partial charge on any atom is -0.466 e. The van der Waals surface area contributed by atoms with Gasteiger partial charge in [0.2, 0.25) is 0 Å². The molecule has 1 aromatic heterocycles. The highest BCUT2D eigenvalue weighted by Gasteiger charge is 2.13. The molecule has 2 heteroatoms. The van der Waals surface area contributed by atoms with Crippen LogP contribution in [0.3, 0.4) is 0 Å². The molecule has 14 heavy (non-hydrogen) atoms. The molecule has 0 saturated carbocycles. The van der Waals surface area contributed by atoms with Gasteiger partial charge in [0.1, 0.15) is 17.3 Å². The van der Waals surface area contributed by atoms with Crippen LogP contribution in [0.25, 0.3) is 0 Å². The van der Waals surface area contributed by atoms with Gasteiger partial charge in [0.25, 0.3) is 0 Å². The van der Waals surface area contributed by atoms with Crippen molar-refractivity contribution in [3.05, 3.63) is 23.7 Å². The SMILES string of the molecule is CCCC(=O)C[C@H](C)c1ccc(C)o1. The van der Waals surface area contributed by atoms with Crippen LogP contribution in [0, 0.1) is 6.92 Å². The van der Waals surface area contributed by atoms with E-state index in [1.807, 2.05) is 32.9 Å². The molecule has 78 valence electrons. The summed E-state index contributed by atoms with van der Waals surface area (Å²) in [7, 11) is 0. The highest BCUT2D eigenvalue weighted by molar-refractivity contribution is 5.79. The minimum absolute atomic E-state index is 0.211. The number of Topliss-reactive ketones (excluding diaryl/α,β-unsaturated/α-hetero) is 1. The molecule has 0 bridgehead atoms. The number of rotatable bonds is 5. The van der Waals surface area contributed by atoms with E-state index < -0.39 is 0 Å². The molecule has 0 aliphatic carbocycles. The summed E-state index contributed by atoms with van der Waals surface area (Å²) >= 11 is 0. The summed E-state index contributed by atoms with van der Waals surface area (Å²) < 4.78 is 5.47. The largest absolute Gasteiger partial charge is 0.466 e. The number of carbonyl (C=O) groups is 1. The third-order valence-electron chi connectivity index (χ3n) is 2.31. The van der Waals surface area contributed by atoms with E-state index in [-0.39, 0.29) is 5.92 Å². The van der Waals surface area contributed by atoms with Crippen molar-refractivity contribution in [2.75, 3.05) is 0 Å². The molecule has 0 saturated heterocycles. The summed E-state index contributed by atoms with van der Waals surface area (Å²) in [5, 5.41) is 0. The zero-order valence-corrected chi connectivity index (χ0v) is 9.17. The summed E-state index contributed by atoms with van der Waals surface area (Å²) in [6.07, 6.45) is 2.22. The van der Waals surface area contributed by atoms with Crippen LogP contribution in [0.1, 0.15) is 50.5 Å². The molecule has 1 atom stereocenters. The number of carbonyl (C=O) groups excluding carboxylic acids is 1. The second kappa shape index (κ2) is 4.99. The molecule has 0 aliphatic heterocycles. The van der Waals surface area contributed by atoms with E-state index in [1.54, 1.807) is 0 Å². The topological polar surface area (TPSA) is 30.2 Å². The Morgan fingerprint density at radius 2 is 2.21 bits per heavy atom. The van der Waals surface area contributed by atoms with Crippen LogP contribution in [0.15, 0.2) is 16.5 Å². The quantitative estimate of drug-likeness (QED) is 0.718. The molecule has 0 N–H and O–H groups in total. The van der Waals surface area contributed by atoms with Crippen molar-refractivity contribution < 1.29 is 9.21 Å². The highest BCUT2D eigenvalue weighted by atomic mass is 16.3. The Balaban J connectivity index is 2.50. The van der Waals surface area contributed by atoms with E-state index in [0.29, 0.717) is 18.6 Å². The Kier molecular flexibility index (Phi) is 3.93. The van der Waals surface area contributed by atoms with E-state index in [2.05, 4.69) is 0 Å². The fraction of sp³-hybridized carbons (Fsp3) is 0.583. The molecule has 0 unspecified atom stereocenters. The Hall–Kier alpha value is -1.05. The van der Waals surface area contributed by atoms with Crippen LogP contribution in [-0.4, -0.2) is 5.78 Å². The van der Waals surface area contributed by atoms with Crippen molar-refractivity contribution in [2.45, 2.75) is 46.0 Å². The fourth-order valence-electron chi connectivity index (χ4n) is 1.54. The second-order valence-corrected chi connectivity index (χ2v) is 3.84. The van der Waals surface area contributed by atoms with E-state index in [0.717, 1.165) is 17.9 Å². The average molecular weight is 194 g/mol. The Morgan fingerprint density at radius 1 is 1.50 bits per heavy atom. The lowest BCUT2D eigenvalue weighted by atomic mass is 10.00. The lowest BCUT2D eigenvalue weighted by molar-refractivity contribution is -0.119. The molecule has 0 spiro atoms. The normalized spacial score (nSPS) is 12.8. The summed E-state index contributed by atoms with van der Waals surface area (Å²) in [6.45, 7) is 5.98. The predicted molar refractivity (Wildman–Crippen MR) is 56.4 cm³/mol. The zero-order valence-electron chi connectivity index (χ0n) is 9.17. The maximum Gasteiger partial charge on any atom is 0.133 e. The molecule has 0 fully saturated rings. The fourth-order valence-corrected chi connectivity index (χ4v) is 1.54. The number of hydrogen-bond acceptors (Lipinski definition) is 2. The van der Waals surface area contributed by atoms with Crippen LogP contribution in [0.5, 0.6) is 0 Å². The van der Waals surface area contributed by atoms with E-state index in [4.69, 9.17) is 4.42 Å². The van der Waals surface area contributed by atoms with Crippen LogP contribution < -0.4 is 0 Å². The molecule has 1 heterocycles. The molecule has 0 aliphatic rings. The van der Waals surface area contributed by atoms with Crippen molar-refractivity contribution in [3.63, 3.8) is 0 Å². The van der Waals surface area contributed by atoms with Gasteiger partial charge in [0, 0.05) is 18.8 Å². The molecule has 0 aromatic carbocycles. The lowest BCUT2D eigenvalue weighted by Gasteiger charge is -2.06. The predicted octanol–water partition coefficient (Wildman–Crippen LogP) is 3.45. The maximum atomic E-state index is 11.4. The summed E-state index contributed by atoms with van der Waals surface area (Å²) in [5.41, 5.74) is 0. The molecule has 1 aromatic rings. The van der Waals surface area contributed by atoms with Gasteiger partial charge in [-0.1, -0.05) is 13.8 Å². The Bertz CT molecular complexity index is 299. The number of aryl methyl sites for hydroxylation is 1. The monoisotopic (exact) mass is 194 g/mol. The number of hydrogen-bond donors (Lipinski definition) is 0. The van der Waals surface area contributed by atoms with Crippen molar-refractivity contribution in [1.29, 1.82) is 0 Å². The van der Waals surface area contributed by atoms with E-state index >= 15 is 0 Å². The molecule has 1 rings (SSSR count). The first kappa shape index (κ1) is 11.0. The molecule has 0 radical (unpaired) electrons. The van der Waals surface area contributed by atoms with E-state index in [9.17, 15) is 4.79 Å². The molecular formula is C12H18O2. The number of furan rings is 1. The Morgan fingerprint density at radius 3 is 2.71 bits per heavy atom. The summed E-state index contributed by atoms with van der Waals surface area (Å²) in [5.74, 6) is 2.37. The first-order valence-corrected chi connectivity index (χ1v) is 5.21. The summed E-state index contributed by atoms with van der Waals surface area (Å²) in [6, 6.07) is 3.90. The third kappa shape index (κ3) is 3.02. The zero-order chi connectivity index (χ0) is 10.6. The average Bonchev–Trinajstić information content (AvgIpc) is 2.52. The summed E-state index contributed by atoms with van der Waals surface area (Å²) in [4.78, 5) is 11.4. The van der Waals surface area contributed by atoms with Crippen LogP contribution in [0.4, 0.5) is 0 Å². The number of ketones is 1. The molecule has 0 amide bonds. The second-order valence-electron chi connectivity index (χ2n) is 3.84. The highest BCUT2D eigenvalue weighted by Crippen LogP contribution is 2.22. The van der Waals surface area contributed by atoms with Crippen LogP contribution in [-0.2, 0) is 4.79 Å². The van der Waals surface area contributed by atoms with Gasteiger partial charge in [0.05, 0.1) is 0 Å². The van der Waals surface area contributed by atoms with Crippen LogP contribution in [0.2, 0.25) is 0 Å². The maximum absolute atomic E-state index is 11.4. The van der Waals surface area contributed by atoms with Gasteiger partial charge in [-0.25, -0.2) is 0 Å². The van der Waals surface area contributed by atoms with Gasteiger partial charge >= 0.3 is 0 Å². The van der Waals surface area contributed by atoms with Gasteiger partial charge in [-0.05, 0) is 25.5 Å². The standard InChI is InChI=1S/C12H18O2/c1-4-5-11(13)8-9(2)12-7-6-10(3)14-12/h6-7,9H,4-5,8H2,1-3H3/t9-/m0/s1. The van der Waals surface area contributed by atoms with Gasteiger partial charge in [0.15, 0.2) is 0 Å².